The standard InChI is InChI=1S/C18H20N2O5/c1-18(2)8-11(21)15-13(9-18)25-17(19)16(20(22)23)14(15)10-6-4-5-7-12(10)24-3/h4-7,14H,8-9,19H2,1-3H3. The minimum Gasteiger partial charge on any atom is -0.496 e. The Balaban J connectivity index is 2.25. The molecule has 7 heteroatoms. The summed E-state index contributed by atoms with van der Waals surface area (Å²) in [5, 5.41) is 11.7. The Labute approximate surface area is 145 Å². The molecular weight excluding hydrogens is 324 g/mol. The molecule has 7 nitrogen and oxygen atoms in total. The lowest BCUT2D eigenvalue weighted by atomic mass is 9.71. The average molecular weight is 344 g/mol. The van der Waals surface area contributed by atoms with Crippen LogP contribution in [0, 0.1) is 15.5 Å². The molecule has 1 aromatic rings. The van der Waals surface area contributed by atoms with Crippen molar-refractivity contribution in [1.82, 2.24) is 0 Å². The van der Waals surface area contributed by atoms with E-state index >= 15 is 0 Å². The van der Waals surface area contributed by atoms with E-state index in [2.05, 4.69) is 0 Å². The van der Waals surface area contributed by atoms with E-state index in [9.17, 15) is 14.9 Å². The first kappa shape index (κ1) is 17.0. The lowest BCUT2D eigenvalue weighted by Gasteiger charge is -2.36. The number of Topliss-reactive ketones (excluding diaryl/α,β-unsaturated/α-hetero) is 1. The molecule has 0 amide bonds. The fraction of sp³-hybridized carbons (Fsp3) is 0.389. The van der Waals surface area contributed by atoms with Crippen molar-refractivity contribution in [3.63, 3.8) is 0 Å². The molecule has 1 aliphatic carbocycles. The number of hydrogen-bond acceptors (Lipinski definition) is 6. The molecule has 1 aliphatic heterocycles. The maximum atomic E-state index is 12.8. The maximum absolute atomic E-state index is 12.8. The van der Waals surface area contributed by atoms with Gasteiger partial charge in [-0.25, -0.2) is 0 Å². The number of carbonyl (C=O) groups excluding carboxylic acids is 1. The summed E-state index contributed by atoms with van der Waals surface area (Å²) in [5.41, 5.74) is 6.10. The van der Waals surface area contributed by atoms with Gasteiger partial charge in [0.15, 0.2) is 5.78 Å². The summed E-state index contributed by atoms with van der Waals surface area (Å²) >= 11 is 0. The molecule has 0 fully saturated rings. The van der Waals surface area contributed by atoms with E-state index in [0.717, 1.165) is 0 Å². The van der Waals surface area contributed by atoms with Gasteiger partial charge in [0, 0.05) is 18.4 Å². The Morgan fingerprint density at radius 3 is 2.64 bits per heavy atom. The van der Waals surface area contributed by atoms with E-state index in [1.807, 2.05) is 13.8 Å². The van der Waals surface area contributed by atoms with Crippen LogP contribution in [0.4, 0.5) is 0 Å². The van der Waals surface area contributed by atoms with Crippen molar-refractivity contribution >= 4 is 5.78 Å². The monoisotopic (exact) mass is 344 g/mol. The summed E-state index contributed by atoms with van der Waals surface area (Å²) in [5.74, 6) is -0.455. The second-order valence-corrected chi connectivity index (χ2v) is 7.06. The Morgan fingerprint density at radius 1 is 1.32 bits per heavy atom. The van der Waals surface area contributed by atoms with Crippen molar-refractivity contribution in [1.29, 1.82) is 0 Å². The summed E-state index contributed by atoms with van der Waals surface area (Å²) in [6.07, 6.45) is 0.789. The number of nitro groups is 1. The third-order valence-electron chi connectivity index (χ3n) is 4.57. The minimum absolute atomic E-state index is 0.158. The van der Waals surface area contributed by atoms with Crippen molar-refractivity contribution in [3.8, 4) is 5.75 Å². The third-order valence-corrected chi connectivity index (χ3v) is 4.57. The van der Waals surface area contributed by atoms with Crippen LogP contribution in [0.2, 0.25) is 0 Å². The van der Waals surface area contributed by atoms with E-state index < -0.39 is 10.8 Å². The quantitative estimate of drug-likeness (QED) is 0.668. The molecule has 2 aliphatic rings. The highest BCUT2D eigenvalue weighted by Crippen LogP contribution is 2.49. The van der Waals surface area contributed by atoms with Crippen molar-refractivity contribution in [2.75, 3.05) is 7.11 Å². The average Bonchev–Trinajstić information content (AvgIpc) is 2.51. The SMILES string of the molecule is COc1ccccc1C1C2=C(CC(C)(C)CC2=O)OC(N)=C1[N+](=O)[O-]. The van der Waals surface area contributed by atoms with Crippen molar-refractivity contribution in [2.45, 2.75) is 32.6 Å². The number of hydrogen-bond donors (Lipinski definition) is 1. The first-order valence-corrected chi connectivity index (χ1v) is 7.96. The normalized spacial score (nSPS) is 22.4. The van der Waals surface area contributed by atoms with Crippen LogP contribution in [0.15, 0.2) is 47.2 Å². The summed E-state index contributed by atoms with van der Waals surface area (Å²) in [7, 11) is 1.48. The zero-order valence-electron chi connectivity index (χ0n) is 14.4. The molecule has 1 atom stereocenters. The molecule has 0 radical (unpaired) electrons. The number of nitrogens with zero attached hydrogens (tertiary/aromatic N) is 1. The van der Waals surface area contributed by atoms with Crippen LogP contribution in [0.3, 0.4) is 0 Å². The lowest BCUT2D eigenvalue weighted by molar-refractivity contribution is -0.433. The highest BCUT2D eigenvalue weighted by molar-refractivity contribution is 5.99. The molecule has 0 saturated heterocycles. The molecular formula is C18H20N2O5. The van der Waals surface area contributed by atoms with Crippen LogP contribution >= 0.6 is 0 Å². The van der Waals surface area contributed by atoms with E-state index in [4.69, 9.17) is 15.2 Å². The van der Waals surface area contributed by atoms with Gasteiger partial charge in [0.1, 0.15) is 17.4 Å². The third kappa shape index (κ3) is 2.86. The second-order valence-electron chi connectivity index (χ2n) is 7.06. The lowest BCUT2D eigenvalue weighted by Crippen LogP contribution is -2.35. The van der Waals surface area contributed by atoms with Gasteiger partial charge in [-0.2, -0.15) is 0 Å². The predicted molar refractivity (Wildman–Crippen MR) is 90.1 cm³/mol. The van der Waals surface area contributed by atoms with Gasteiger partial charge in [0.05, 0.1) is 17.6 Å². The number of nitrogens with two attached hydrogens (primary N) is 1. The van der Waals surface area contributed by atoms with Gasteiger partial charge < -0.3 is 15.2 Å². The van der Waals surface area contributed by atoms with E-state index in [-0.39, 0.29) is 22.8 Å². The topological polar surface area (TPSA) is 105 Å². The van der Waals surface area contributed by atoms with Crippen molar-refractivity contribution in [3.05, 3.63) is 62.9 Å². The summed E-state index contributed by atoms with van der Waals surface area (Å²) in [6.45, 7) is 3.91. The highest BCUT2D eigenvalue weighted by atomic mass is 16.6. The number of carbonyl (C=O) groups is 1. The number of allylic oxidation sites excluding steroid dienone is 2. The first-order chi connectivity index (χ1) is 11.7. The van der Waals surface area contributed by atoms with Gasteiger partial charge in [-0.3, -0.25) is 14.9 Å². The molecule has 1 unspecified atom stereocenters. The van der Waals surface area contributed by atoms with E-state index in [0.29, 0.717) is 35.5 Å². The highest BCUT2D eigenvalue weighted by Gasteiger charge is 2.48. The number of ether oxygens (including phenoxy) is 2. The van der Waals surface area contributed by atoms with Crippen molar-refractivity contribution < 1.29 is 19.2 Å². The summed E-state index contributed by atoms with van der Waals surface area (Å²) in [4.78, 5) is 23.9. The Kier molecular flexibility index (Phi) is 4.02. The van der Waals surface area contributed by atoms with Gasteiger partial charge in [0.25, 0.3) is 5.88 Å². The molecule has 132 valence electrons. The zero-order chi connectivity index (χ0) is 18.4. The minimum atomic E-state index is -0.904. The van der Waals surface area contributed by atoms with Crippen LogP contribution in [0.5, 0.6) is 5.75 Å². The summed E-state index contributed by atoms with van der Waals surface area (Å²) in [6, 6.07) is 6.93. The summed E-state index contributed by atoms with van der Waals surface area (Å²) < 4.78 is 10.9. The zero-order valence-corrected chi connectivity index (χ0v) is 14.4. The molecule has 1 aromatic carbocycles. The number of rotatable bonds is 3. The molecule has 0 saturated carbocycles. The fourth-order valence-electron chi connectivity index (χ4n) is 3.56. The van der Waals surface area contributed by atoms with Crippen LogP contribution in [0.25, 0.3) is 0 Å². The van der Waals surface area contributed by atoms with Crippen LogP contribution in [-0.4, -0.2) is 17.8 Å². The van der Waals surface area contributed by atoms with Crippen LogP contribution < -0.4 is 10.5 Å². The molecule has 0 spiro atoms. The van der Waals surface area contributed by atoms with Crippen LogP contribution in [-0.2, 0) is 9.53 Å². The number of para-hydroxylation sites is 1. The largest absolute Gasteiger partial charge is 0.496 e. The number of methoxy groups -OCH3 is 1. The van der Waals surface area contributed by atoms with Gasteiger partial charge in [-0.1, -0.05) is 32.0 Å². The Bertz CT molecular complexity index is 823. The van der Waals surface area contributed by atoms with Gasteiger partial charge in [-0.05, 0) is 11.5 Å². The molecule has 25 heavy (non-hydrogen) atoms. The van der Waals surface area contributed by atoms with Gasteiger partial charge >= 0.3 is 5.70 Å². The fourth-order valence-corrected chi connectivity index (χ4v) is 3.56. The Morgan fingerprint density at radius 2 is 2.00 bits per heavy atom. The van der Waals surface area contributed by atoms with Crippen molar-refractivity contribution in [2.24, 2.45) is 11.1 Å². The number of benzene rings is 1. The van der Waals surface area contributed by atoms with Gasteiger partial charge in [0.2, 0.25) is 0 Å². The molecule has 2 N–H and O–H groups in total. The maximum Gasteiger partial charge on any atom is 0.317 e. The molecule has 1 heterocycles. The Hall–Kier alpha value is -2.83. The molecule has 0 aromatic heterocycles. The van der Waals surface area contributed by atoms with Crippen LogP contribution in [0.1, 0.15) is 38.2 Å². The van der Waals surface area contributed by atoms with Gasteiger partial charge in [-0.15, -0.1) is 0 Å². The number of ketones is 1. The second kappa shape index (κ2) is 5.91. The van der Waals surface area contributed by atoms with E-state index in [1.165, 1.54) is 7.11 Å². The molecule has 3 rings (SSSR count). The predicted octanol–water partition coefficient (Wildman–Crippen LogP) is 2.86. The smallest absolute Gasteiger partial charge is 0.317 e. The molecule has 0 bridgehead atoms. The van der Waals surface area contributed by atoms with E-state index in [1.54, 1.807) is 24.3 Å². The first-order valence-electron chi connectivity index (χ1n) is 7.96.